The fourth-order valence-electron chi connectivity index (χ4n) is 1.79. The van der Waals surface area contributed by atoms with Gasteiger partial charge in [-0.05, 0) is 6.07 Å². The lowest BCUT2D eigenvalue weighted by atomic mass is 10.0. The van der Waals surface area contributed by atoms with Crippen molar-refractivity contribution in [1.82, 2.24) is 0 Å². The summed E-state index contributed by atoms with van der Waals surface area (Å²) >= 11 is 7.42. The van der Waals surface area contributed by atoms with Crippen molar-refractivity contribution in [2.75, 3.05) is 12.4 Å². The molecule has 6 heteroatoms. The number of halogens is 1. The molecule has 1 aromatic carbocycles. The van der Waals surface area contributed by atoms with Gasteiger partial charge in [0.15, 0.2) is 0 Å². The number of benzene rings is 1. The maximum atomic E-state index is 12.0. The lowest BCUT2D eigenvalue weighted by molar-refractivity contribution is -0.114. The first-order valence-electron chi connectivity index (χ1n) is 5.77. The van der Waals surface area contributed by atoms with Gasteiger partial charge in [-0.25, -0.2) is 4.79 Å². The SMILES string of the molecule is COC(=O)c1c(-c2ccccc2Cl)csc1NC(C)=O. The number of anilines is 1. The Morgan fingerprint density at radius 2 is 1.95 bits per heavy atom. The van der Waals surface area contributed by atoms with Gasteiger partial charge in [0.25, 0.3) is 0 Å². The van der Waals surface area contributed by atoms with Gasteiger partial charge in [-0.1, -0.05) is 29.8 Å². The van der Waals surface area contributed by atoms with E-state index < -0.39 is 5.97 Å². The lowest BCUT2D eigenvalue weighted by Crippen LogP contribution is -2.10. The number of ether oxygens (including phenoxy) is 1. The predicted octanol–water partition coefficient (Wildman–Crippen LogP) is 3.81. The molecule has 0 aliphatic carbocycles. The number of hydrogen-bond acceptors (Lipinski definition) is 4. The number of amides is 1. The van der Waals surface area contributed by atoms with E-state index in [2.05, 4.69) is 5.32 Å². The number of thiophene rings is 1. The number of nitrogens with one attached hydrogen (secondary N) is 1. The molecule has 2 rings (SSSR count). The summed E-state index contributed by atoms with van der Waals surface area (Å²) < 4.78 is 4.79. The highest BCUT2D eigenvalue weighted by molar-refractivity contribution is 7.15. The standard InChI is InChI=1S/C14H12ClNO3S/c1-8(17)16-13-12(14(18)19-2)10(7-20-13)9-5-3-4-6-11(9)15/h3-7H,1-2H3,(H,16,17). The molecule has 1 heterocycles. The van der Waals surface area contributed by atoms with Crippen LogP contribution in [0.15, 0.2) is 29.6 Å². The van der Waals surface area contributed by atoms with Gasteiger partial charge >= 0.3 is 5.97 Å². The van der Waals surface area contributed by atoms with Gasteiger partial charge in [-0.2, -0.15) is 0 Å². The number of rotatable bonds is 3. The van der Waals surface area contributed by atoms with Crippen LogP contribution in [0, 0.1) is 0 Å². The Morgan fingerprint density at radius 1 is 1.25 bits per heavy atom. The van der Waals surface area contributed by atoms with Crippen LogP contribution in [0.5, 0.6) is 0 Å². The molecule has 0 radical (unpaired) electrons. The topological polar surface area (TPSA) is 55.4 Å². The minimum absolute atomic E-state index is 0.247. The van der Waals surface area contributed by atoms with Crippen molar-refractivity contribution in [2.45, 2.75) is 6.92 Å². The molecular weight excluding hydrogens is 298 g/mol. The van der Waals surface area contributed by atoms with Crippen LogP contribution in [-0.2, 0) is 9.53 Å². The molecule has 20 heavy (non-hydrogen) atoms. The van der Waals surface area contributed by atoms with E-state index in [9.17, 15) is 9.59 Å². The summed E-state index contributed by atoms with van der Waals surface area (Å²) in [5.41, 5.74) is 1.69. The molecule has 0 unspecified atom stereocenters. The van der Waals surface area contributed by atoms with E-state index in [1.54, 1.807) is 11.4 Å². The Hall–Kier alpha value is -1.85. The van der Waals surface area contributed by atoms with Gasteiger partial charge in [-0.3, -0.25) is 4.79 Å². The fourth-order valence-corrected chi connectivity index (χ4v) is 3.02. The average Bonchev–Trinajstić information content (AvgIpc) is 2.81. The molecule has 2 aromatic rings. The van der Waals surface area contributed by atoms with Gasteiger partial charge in [0.1, 0.15) is 10.6 Å². The summed E-state index contributed by atoms with van der Waals surface area (Å²) in [5.74, 6) is -0.757. The quantitative estimate of drug-likeness (QED) is 0.877. The third kappa shape index (κ3) is 2.84. The van der Waals surface area contributed by atoms with E-state index in [-0.39, 0.29) is 5.91 Å². The van der Waals surface area contributed by atoms with Gasteiger partial charge in [0, 0.05) is 28.5 Å². The molecule has 0 atom stereocenters. The van der Waals surface area contributed by atoms with Crippen molar-refractivity contribution >= 4 is 39.8 Å². The molecule has 104 valence electrons. The average molecular weight is 310 g/mol. The highest BCUT2D eigenvalue weighted by Gasteiger charge is 2.22. The Kier molecular flexibility index (Phi) is 4.42. The maximum absolute atomic E-state index is 12.0. The zero-order valence-electron chi connectivity index (χ0n) is 10.9. The summed E-state index contributed by atoms with van der Waals surface area (Å²) in [5, 5.41) is 5.40. The van der Waals surface area contributed by atoms with Crippen LogP contribution in [0.1, 0.15) is 17.3 Å². The van der Waals surface area contributed by atoms with E-state index in [0.717, 1.165) is 5.56 Å². The second-order valence-electron chi connectivity index (χ2n) is 4.01. The first-order chi connectivity index (χ1) is 9.54. The molecule has 0 bridgehead atoms. The van der Waals surface area contributed by atoms with Crippen LogP contribution in [0.3, 0.4) is 0 Å². The van der Waals surface area contributed by atoms with E-state index in [0.29, 0.717) is 21.2 Å². The third-order valence-electron chi connectivity index (χ3n) is 2.63. The summed E-state index contributed by atoms with van der Waals surface area (Å²) in [6, 6.07) is 7.20. The maximum Gasteiger partial charge on any atom is 0.341 e. The van der Waals surface area contributed by atoms with Crippen molar-refractivity contribution in [2.24, 2.45) is 0 Å². The summed E-state index contributed by atoms with van der Waals surface area (Å²) in [7, 11) is 1.30. The Labute approximate surface area is 125 Å². The molecule has 0 fully saturated rings. The number of carbonyl (C=O) groups is 2. The van der Waals surface area contributed by atoms with Gasteiger partial charge < -0.3 is 10.1 Å². The first kappa shape index (κ1) is 14.6. The summed E-state index contributed by atoms with van der Waals surface area (Å²) in [6.45, 7) is 1.38. The summed E-state index contributed by atoms with van der Waals surface area (Å²) in [4.78, 5) is 23.2. The molecule has 0 aliphatic rings. The van der Waals surface area contributed by atoms with E-state index in [1.807, 2.05) is 18.2 Å². The molecule has 1 aromatic heterocycles. The van der Waals surface area contributed by atoms with Crippen LogP contribution >= 0.6 is 22.9 Å². The third-order valence-corrected chi connectivity index (χ3v) is 3.86. The lowest BCUT2D eigenvalue weighted by Gasteiger charge is -2.07. The smallest absolute Gasteiger partial charge is 0.341 e. The highest BCUT2D eigenvalue weighted by Crippen LogP contribution is 2.38. The number of hydrogen-bond donors (Lipinski definition) is 1. The second-order valence-corrected chi connectivity index (χ2v) is 5.29. The van der Waals surface area contributed by atoms with Crippen LogP contribution in [0.25, 0.3) is 11.1 Å². The number of carbonyl (C=O) groups excluding carboxylic acids is 2. The number of esters is 1. The minimum Gasteiger partial charge on any atom is -0.465 e. The van der Waals surface area contributed by atoms with Crippen molar-refractivity contribution in [3.8, 4) is 11.1 Å². The van der Waals surface area contributed by atoms with E-state index in [4.69, 9.17) is 16.3 Å². The Bertz CT molecular complexity index is 666. The van der Waals surface area contributed by atoms with Crippen molar-refractivity contribution in [3.05, 3.63) is 40.2 Å². The van der Waals surface area contributed by atoms with Gasteiger partial charge in [-0.15, -0.1) is 11.3 Å². The monoisotopic (exact) mass is 309 g/mol. The zero-order valence-corrected chi connectivity index (χ0v) is 12.5. The number of methoxy groups -OCH3 is 1. The molecule has 0 spiro atoms. The summed E-state index contributed by atoms with van der Waals surface area (Å²) in [6.07, 6.45) is 0. The second kappa shape index (κ2) is 6.07. The largest absolute Gasteiger partial charge is 0.465 e. The Balaban J connectivity index is 2.59. The molecule has 0 aliphatic heterocycles. The molecule has 1 amide bonds. The van der Waals surface area contributed by atoms with Crippen molar-refractivity contribution in [3.63, 3.8) is 0 Å². The van der Waals surface area contributed by atoms with Gasteiger partial charge in [0.05, 0.1) is 7.11 Å². The molecule has 0 saturated heterocycles. The minimum atomic E-state index is -0.509. The fraction of sp³-hybridized carbons (Fsp3) is 0.143. The first-order valence-corrected chi connectivity index (χ1v) is 7.02. The molecule has 0 saturated carbocycles. The zero-order chi connectivity index (χ0) is 14.7. The van der Waals surface area contributed by atoms with Gasteiger partial charge in [0.2, 0.25) is 5.91 Å². The van der Waals surface area contributed by atoms with E-state index in [1.165, 1.54) is 25.4 Å². The van der Waals surface area contributed by atoms with Crippen molar-refractivity contribution < 1.29 is 14.3 Å². The predicted molar refractivity (Wildman–Crippen MR) is 80.4 cm³/mol. The molecule has 1 N–H and O–H groups in total. The van der Waals surface area contributed by atoms with Crippen molar-refractivity contribution in [1.29, 1.82) is 0 Å². The van der Waals surface area contributed by atoms with E-state index >= 15 is 0 Å². The normalized spacial score (nSPS) is 10.2. The molecule has 4 nitrogen and oxygen atoms in total. The Morgan fingerprint density at radius 3 is 2.55 bits per heavy atom. The van der Waals surface area contributed by atoms with Crippen LogP contribution in [0.4, 0.5) is 5.00 Å². The van der Waals surface area contributed by atoms with Crippen LogP contribution in [-0.4, -0.2) is 19.0 Å². The molecular formula is C14H12ClNO3S. The van der Waals surface area contributed by atoms with Crippen LogP contribution in [0.2, 0.25) is 5.02 Å². The highest BCUT2D eigenvalue weighted by atomic mass is 35.5. The van der Waals surface area contributed by atoms with Crippen LogP contribution < -0.4 is 5.32 Å².